The number of nitrogens with zero attached hydrogens (tertiary/aromatic N) is 1. The van der Waals surface area contributed by atoms with Gasteiger partial charge in [-0.1, -0.05) is 46.6 Å². The minimum absolute atomic E-state index is 0.00435. The third kappa shape index (κ3) is 2.94. The van der Waals surface area contributed by atoms with Gasteiger partial charge in [-0.15, -0.1) is 0 Å². The van der Waals surface area contributed by atoms with E-state index in [0.717, 1.165) is 38.5 Å². The molecule has 1 fully saturated rings. The fourth-order valence-electron chi connectivity index (χ4n) is 4.56. The van der Waals surface area contributed by atoms with E-state index in [1.165, 1.54) is 12.5 Å². The van der Waals surface area contributed by atoms with Crippen LogP contribution in [-0.4, -0.2) is 21.9 Å². The van der Waals surface area contributed by atoms with Crippen LogP contribution in [0.4, 0.5) is 0 Å². The van der Waals surface area contributed by atoms with Crippen molar-refractivity contribution in [3.8, 4) is 0 Å². The number of carbonyl (C=O) groups excluding carboxylic acids is 1. The minimum atomic E-state index is -0.0169. The van der Waals surface area contributed by atoms with Crippen LogP contribution in [-0.2, 0) is 4.79 Å². The van der Waals surface area contributed by atoms with Crippen molar-refractivity contribution in [2.75, 3.05) is 0 Å². The highest BCUT2D eigenvalue weighted by molar-refractivity contribution is 5.88. The van der Waals surface area contributed by atoms with Gasteiger partial charge in [-0.3, -0.25) is 4.79 Å². The van der Waals surface area contributed by atoms with E-state index >= 15 is 0 Å². The molecule has 0 aliphatic carbocycles. The Labute approximate surface area is 125 Å². The average molecular weight is 279 g/mol. The predicted octanol–water partition coefficient (Wildman–Crippen LogP) is 4.94. The van der Waals surface area contributed by atoms with Gasteiger partial charge in [-0.25, -0.2) is 0 Å². The zero-order chi connectivity index (χ0) is 15.4. The minimum Gasteiger partial charge on any atom is -0.328 e. The van der Waals surface area contributed by atoms with Crippen molar-refractivity contribution in [3.63, 3.8) is 0 Å². The van der Waals surface area contributed by atoms with Crippen molar-refractivity contribution in [2.24, 2.45) is 5.92 Å². The summed E-state index contributed by atoms with van der Waals surface area (Å²) in [5.41, 5.74) is -0.0213. The van der Waals surface area contributed by atoms with Gasteiger partial charge in [0, 0.05) is 11.1 Å². The number of piperidine rings is 1. The Kier molecular flexibility index (Phi) is 5.85. The van der Waals surface area contributed by atoms with E-state index < -0.39 is 0 Å². The second kappa shape index (κ2) is 6.78. The molecule has 0 radical (unpaired) electrons. The number of amides is 1. The lowest BCUT2D eigenvalue weighted by Crippen LogP contribution is -2.66. The molecular formula is C18H33NO. The first-order valence-corrected chi connectivity index (χ1v) is 8.36. The van der Waals surface area contributed by atoms with E-state index in [1.807, 2.05) is 0 Å². The van der Waals surface area contributed by atoms with Crippen LogP contribution < -0.4 is 0 Å². The van der Waals surface area contributed by atoms with Crippen LogP contribution in [0.1, 0.15) is 79.6 Å². The van der Waals surface area contributed by atoms with Gasteiger partial charge in [0.05, 0.1) is 0 Å². The molecule has 1 saturated heterocycles. The monoisotopic (exact) mass is 279 g/mol. The third-order valence-corrected chi connectivity index (χ3v) is 5.39. The molecule has 0 aromatic rings. The highest BCUT2D eigenvalue weighted by Gasteiger charge is 2.51. The van der Waals surface area contributed by atoms with Gasteiger partial charge in [-0.2, -0.15) is 0 Å². The molecule has 0 N–H and O–H groups in total. The number of hydrogen-bond donors (Lipinski definition) is 0. The largest absolute Gasteiger partial charge is 0.328 e. The van der Waals surface area contributed by atoms with E-state index in [1.54, 1.807) is 0 Å². The summed E-state index contributed by atoms with van der Waals surface area (Å²) in [7, 11) is 0. The predicted molar refractivity (Wildman–Crippen MR) is 86.7 cm³/mol. The Hall–Kier alpha value is -0.790. The number of hydrogen-bond acceptors (Lipinski definition) is 1. The summed E-state index contributed by atoms with van der Waals surface area (Å²) >= 11 is 0. The van der Waals surface area contributed by atoms with Gasteiger partial charge in [-0.05, 0) is 51.5 Å². The fourth-order valence-corrected chi connectivity index (χ4v) is 4.56. The SMILES string of the molecule is C=CC(=O)N1C(C)(CCC)CCC(CC)C1(C)CCC. The zero-order valence-corrected chi connectivity index (χ0v) is 14.2. The van der Waals surface area contributed by atoms with Crippen molar-refractivity contribution < 1.29 is 4.79 Å². The highest BCUT2D eigenvalue weighted by atomic mass is 16.2. The zero-order valence-electron chi connectivity index (χ0n) is 14.2. The molecule has 116 valence electrons. The maximum Gasteiger partial charge on any atom is 0.246 e. The molecule has 0 bridgehead atoms. The summed E-state index contributed by atoms with van der Waals surface area (Å²) in [6.07, 6.45) is 9.45. The molecule has 0 saturated carbocycles. The van der Waals surface area contributed by atoms with Crippen LogP contribution in [0.15, 0.2) is 12.7 Å². The van der Waals surface area contributed by atoms with Crippen molar-refractivity contribution in [3.05, 3.63) is 12.7 Å². The molecule has 3 atom stereocenters. The van der Waals surface area contributed by atoms with Crippen molar-refractivity contribution in [1.29, 1.82) is 0 Å². The number of carbonyl (C=O) groups is 1. The fraction of sp³-hybridized carbons (Fsp3) is 0.833. The number of likely N-dealkylation sites (tertiary alicyclic amines) is 1. The van der Waals surface area contributed by atoms with E-state index in [4.69, 9.17) is 0 Å². The molecule has 2 nitrogen and oxygen atoms in total. The van der Waals surface area contributed by atoms with E-state index in [0.29, 0.717) is 5.92 Å². The van der Waals surface area contributed by atoms with Gasteiger partial charge >= 0.3 is 0 Å². The molecule has 1 rings (SSSR count). The van der Waals surface area contributed by atoms with Crippen LogP contribution >= 0.6 is 0 Å². The normalized spacial score (nSPS) is 34.0. The Morgan fingerprint density at radius 1 is 1.25 bits per heavy atom. The van der Waals surface area contributed by atoms with Crippen LogP contribution in [0.3, 0.4) is 0 Å². The molecule has 0 aromatic carbocycles. The maximum absolute atomic E-state index is 12.6. The first kappa shape index (κ1) is 17.3. The molecule has 20 heavy (non-hydrogen) atoms. The topological polar surface area (TPSA) is 20.3 Å². The standard InChI is InChI=1S/C18H33NO/c1-7-12-17(5)14-11-15(9-3)18(6,13-8-2)19(17)16(20)10-4/h10,15H,4,7-9,11-14H2,1-3,5-6H3. The highest BCUT2D eigenvalue weighted by Crippen LogP contribution is 2.47. The summed E-state index contributed by atoms with van der Waals surface area (Å²) in [5.74, 6) is 0.728. The maximum atomic E-state index is 12.6. The van der Waals surface area contributed by atoms with Gasteiger partial charge in [0.15, 0.2) is 0 Å². The first-order chi connectivity index (χ1) is 9.39. The lowest BCUT2D eigenvalue weighted by atomic mass is 9.67. The molecule has 0 spiro atoms. The Balaban J connectivity index is 3.27. The van der Waals surface area contributed by atoms with Crippen LogP contribution in [0.25, 0.3) is 0 Å². The molecule has 0 aromatic heterocycles. The van der Waals surface area contributed by atoms with E-state index in [-0.39, 0.29) is 17.0 Å². The molecule has 1 aliphatic heterocycles. The van der Waals surface area contributed by atoms with Crippen molar-refractivity contribution in [1.82, 2.24) is 4.90 Å². The van der Waals surface area contributed by atoms with Crippen LogP contribution in [0.5, 0.6) is 0 Å². The van der Waals surface area contributed by atoms with E-state index in [2.05, 4.69) is 46.1 Å². The molecule has 3 unspecified atom stereocenters. The molecule has 1 amide bonds. The van der Waals surface area contributed by atoms with Gasteiger partial charge in [0.25, 0.3) is 0 Å². The second-order valence-electron chi connectivity index (χ2n) is 6.88. The Bertz CT molecular complexity index is 351. The van der Waals surface area contributed by atoms with Gasteiger partial charge in [0.2, 0.25) is 5.91 Å². The molecule has 1 aliphatic rings. The summed E-state index contributed by atoms with van der Waals surface area (Å²) < 4.78 is 0. The summed E-state index contributed by atoms with van der Waals surface area (Å²) in [5, 5.41) is 0. The third-order valence-electron chi connectivity index (χ3n) is 5.39. The second-order valence-corrected chi connectivity index (χ2v) is 6.88. The summed E-state index contributed by atoms with van der Waals surface area (Å²) in [6.45, 7) is 15.0. The van der Waals surface area contributed by atoms with Crippen LogP contribution in [0.2, 0.25) is 0 Å². The van der Waals surface area contributed by atoms with Crippen molar-refractivity contribution in [2.45, 2.75) is 90.6 Å². The first-order valence-electron chi connectivity index (χ1n) is 8.36. The van der Waals surface area contributed by atoms with Crippen molar-refractivity contribution >= 4 is 5.91 Å². The Morgan fingerprint density at radius 3 is 2.30 bits per heavy atom. The smallest absolute Gasteiger partial charge is 0.246 e. The average Bonchev–Trinajstić information content (AvgIpc) is 2.38. The lowest BCUT2D eigenvalue weighted by Gasteiger charge is -2.59. The number of rotatable bonds is 6. The molecule has 2 heteroatoms. The lowest BCUT2D eigenvalue weighted by molar-refractivity contribution is -0.154. The van der Waals surface area contributed by atoms with Gasteiger partial charge in [0.1, 0.15) is 0 Å². The van der Waals surface area contributed by atoms with Crippen LogP contribution in [0, 0.1) is 5.92 Å². The quantitative estimate of drug-likeness (QED) is 0.631. The molecule has 1 heterocycles. The summed E-state index contributed by atoms with van der Waals surface area (Å²) in [6, 6.07) is 0. The summed E-state index contributed by atoms with van der Waals surface area (Å²) in [4.78, 5) is 14.8. The van der Waals surface area contributed by atoms with E-state index in [9.17, 15) is 4.79 Å². The van der Waals surface area contributed by atoms with Gasteiger partial charge < -0.3 is 4.90 Å². The Morgan fingerprint density at radius 2 is 1.85 bits per heavy atom. The molecular weight excluding hydrogens is 246 g/mol.